The van der Waals surface area contributed by atoms with Crippen LogP contribution in [0.25, 0.3) is 0 Å². The van der Waals surface area contributed by atoms with Gasteiger partial charge in [0, 0.05) is 31.9 Å². The monoisotopic (exact) mass is 324 g/mol. The molecule has 0 aliphatic carbocycles. The van der Waals surface area contributed by atoms with E-state index in [9.17, 15) is 4.79 Å². The summed E-state index contributed by atoms with van der Waals surface area (Å²) in [6.07, 6.45) is 1.02. The topological polar surface area (TPSA) is 32.8 Å². The summed E-state index contributed by atoms with van der Waals surface area (Å²) in [5.41, 5.74) is 2.39. The van der Waals surface area contributed by atoms with Crippen molar-refractivity contribution in [2.75, 3.05) is 37.7 Å². The summed E-state index contributed by atoms with van der Waals surface area (Å²) >= 11 is 0. The first-order valence-electron chi connectivity index (χ1n) is 8.48. The van der Waals surface area contributed by atoms with E-state index in [1.54, 1.807) is 0 Å². The normalized spacial score (nSPS) is 16.8. The maximum atomic E-state index is 11.5. The van der Waals surface area contributed by atoms with Crippen LogP contribution in [0.15, 0.2) is 60.7 Å². The van der Waals surface area contributed by atoms with Crippen LogP contribution in [0, 0.1) is 0 Å². The second-order valence-corrected chi connectivity index (χ2v) is 6.06. The molecule has 4 nitrogen and oxygen atoms in total. The number of anilines is 1. The van der Waals surface area contributed by atoms with Crippen LogP contribution in [-0.4, -0.2) is 50.0 Å². The van der Waals surface area contributed by atoms with E-state index in [4.69, 9.17) is 4.74 Å². The van der Waals surface area contributed by atoms with Crippen LogP contribution in [0.4, 0.5) is 5.69 Å². The van der Waals surface area contributed by atoms with Crippen LogP contribution in [0.2, 0.25) is 0 Å². The van der Waals surface area contributed by atoms with Crippen molar-refractivity contribution < 1.29 is 9.53 Å². The highest BCUT2D eigenvalue weighted by atomic mass is 16.5. The third-order valence-corrected chi connectivity index (χ3v) is 4.46. The van der Waals surface area contributed by atoms with Crippen molar-refractivity contribution in [3.05, 3.63) is 66.2 Å². The van der Waals surface area contributed by atoms with Crippen LogP contribution in [0.1, 0.15) is 5.56 Å². The van der Waals surface area contributed by atoms with Gasteiger partial charge in [-0.2, -0.15) is 0 Å². The van der Waals surface area contributed by atoms with Crippen LogP contribution < -0.4 is 4.90 Å². The van der Waals surface area contributed by atoms with Crippen molar-refractivity contribution in [2.45, 2.75) is 12.6 Å². The lowest BCUT2D eigenvalue weighted by molar-refractivity contribution is -0.115. The summed E-state index contributed by atoms with van der Waals surface area (Å²) < 4.78 is 5.75. The number of para-hydroxylation sites is 1. The SMILES string of the molecule is O=CC(COCc1ccccc1)N1CCN(c2ccccc2)CC1. The molecule has 24 heavy (non-hydrogen) atoms. The second-order valence-electron chi connectivity index (χ2n) is 6.06. The maximum Gasteiger partial charge on any atom is 0.139 e. The molecule has 1 heterocycles. The highest BCUT2D eigenvalue weighted by Gasteiger charge is 2.23. The predicted octanol–water partition coefficient (Wildman–Crippen LogP) is 2.59. The summed E-state index contributed by atoms with van der Waals surface area (Å²) in [5, 5.41) is 0. The van der Waals surface area contributed by atoms with E-state index in [1.807, 2.05) is 36.4 Å². The third kappa shape index (κ3) is 4.43. The lowest BCUT2D eigenvalue weighted by atomic mass is 10.2. The minimum absolute atomic E-state index is 0.161. The number of carbonyl (C=O) groups is 1. The molecule has 1 aliphatic heterocycles. The number of piperazine rings is 1. The van der Waals surface area contributed by atoms with Crippen molar-refractivity contribution in [3.8, 4) is 0 Å². The fourth-order valence-corrected chi connectivity index (χ4v) is 3.05. The van der Waals surface area contributed by atoms with Gasteiger partial charge >= 0.3 is 0 Å². The third-order valence-electron chi connectivity index (χ3n) is 4.46. The fraction of sp³-hybridized carbons (Fsp3) is 0.350. The van der Waals surface area contributed by atoms with E-state index < -0.39 is 0 Å². The van der Waals surface area contributed by atoms with E-state index in [1.165, 1.54) is 5.69 Å². The van der Waals surface area contributed by atoms with Gasteiger partial charge in [-0.05, 0) is 17.7 Å². The molecule has 0 saturated carbocycles. The van der Waals surface area contributed by atoms with Gasteiger partial charge in [0.2, 0.25) is 0 Å². The number of rotatable bonds is 7. The molecule has 1 unspecified atom stereocenters. The molecule has 3 rings (SSSR count). The first-order chi connectivity index (χ1) is 11.9. The molecule has 126 valence electrons. The van der Waals surface area contributed by atoms with Crippen molar-refractivity contribution in [1.82, 2.24) is 4.90 Å². The first kappa shape index (κ1) is 16.7. The Balaban J connectivity index is 1.46. The highest BCUT2D eigenvalue weighted by molar-refractivity contribution is 5.58. The van der Waals surface area contributed by atoms with Gasteiger partial charge in [0.15, 0.2) is 0 Å². The zero-order chi connectivity index (χ0) is 16.6. The molecule has 0 bridgehead atoms. The van der Waals surface area contributed by atoms with E-state index in [2.05, 4.69) is 34.1 Å². The molecule has 0 amide bonds. The zero-order valence-corrected chi connectivity index (χ0v) is 13.9. The van der Waals surface area contributed by atoms with Crippen LogP contribution in [-0.2, 0) is 16.1 Å². The van der Waals surface area contributed by atoms with E-state index in [-0.39, 0.29) is 6.04 Å². The zero-order valence-electron chi connectivity index (χ0n) is 13.9. The Labute approximate surface area is 143 Å². The van der Waals surface area contributed by atoms with Crippen LogP contribution >= 0.6 is 0 Å². The smallest absolute Gasteiger partial charge is 0.139 e. The number of ether oxygens (including phenoxy) is 1. The molecule has 0 spiro atoms. The molecule has 0 N–H and O–H groups in total. The molecule has 0 radical (unpaired) electrons. The maximum absolute atomic E-state index is 11.5. The van der Waals surface area contributed by atoms with Gasteiger partial charge in [0.25, 0.3) is 0 Å². The van der Waals surface area contributed by atoms with Crippen LogP contribution in [0.5, 0.6) is 0 Å². The van der Waals surface area contributed by atoms with Gasteiger partial charge in [-0.25, -0.2) is 0 Å². The number of hydrogen-bond acceptors (Lipinski definition) is 4. The molecule has 1 saturated heterocycles. The van der Waals surface area contributed by atoms with Crippen LogP contribution in [0.3, 0.4) is 0 Å². The standard InChI is InChI=1S/C20H24N2O2/c23-15-20(17-24-16-18-7-3-1-4-8-18)22-13-11-21(12-14-22)19-9-5-2-6-10-19/h1-10,15,20H,11-14,16-17H2. The molecule has 0 aromatic heterocycles. The minimum Gasteiger partial charge on any atom is -0.375 e. The Hall–Kier alpha value is -2.17. The van der Waals surface area contributed by atoms with E-state index >= 15 is 0 Å². The number of aldehydes is 1. The van der Waals surface area contributed by atoms with Gasteiger partial charge in [0.1, 0.15) is 6.29 Å². The van der Waals surface area contributed by atoms with E-state index in [0.717, 1.165) is 38.0 Å². The molecular formula is C20H24N2O2. The van der Waals surface area contributed by atoms with Gasteiger partial charge < -0.3 is 14.4 Å². The van der Waals surface area contributed by atoms with Crippen molar-refractivity contribution in [1.29, 1.82) is 0 Å². The fourth-order valence-electron chi connectivity index (χ4n) is 3.05. The predicted molar refractivity (Wildman–Crippen MR) is 96.2 cm³/mol. The molecule has 1 atom stereocenters. The summed E-state index contributed by atoms with van der Waals surface area (Å²) in [7, 11) is 0. The van der Waals surface area contributed by atoms with Gasteiger partial charge in [-0.15, -0.1) is 0 Å². The van der Waals surface area contributed by atoms with Crippen molar-refractivity contribution in [3.63, 3.8) is 0 Å². The lowest BCUT2D eigenvalue weighted by Crippen LogP contribution is -2.52. The van der Waals surface area contributed by atoms with Gasteiger partial charge in [-0.3, -0.25) is 4.90 Å². The van der Waals surface area contributed by atoms with Crippen molar-refractivity contribution >= 4 is 12.0 Å². The Morgan fingerprint density at radius 2 is 1.54 bits per heavy atom. The lowest BCUT2D eigenvalue weighted by Gasteiger charge is -2.38. The Morgan fingerprint density at radius 1 is 0.917 bits per heavy atom. The minimum atomic E-state index is -0.161. The van der Waals surface area contributed by atoms with Gasteiger partial charge in [-0.1, -0.05) is 48.5 Å². The molecule has 2 aromatic carbocycles. The molecular weight excluding hydrogens is 300 g/mol. The Morgan fingerprint density at radius 3 is 2.17 bits per heavy atom. The largest absolute Gasteiger partial charge is 0.375 e. The summed E-state index contributed by atoms with van der Waals surface area (Å²) in [4.78, 5) is 16.0. The van der Waals surface area contributed by atoms with Crippen molar-refractivity contribution in [2.24, 2.45) is 0 Å². The Bertz CT molecular complexity index is 610. The molecule has 1 fully saturated rings. The molecule has 2 aromatic rings. The Kier molecular flexibility index (Phi) is 5.99. The summed E-state index contributed by atoms with van der Waals surface area (Å²) in [6, 6.07) is 20.3. The number of hydrogen-bond donors (Lipinski definition) is 0. The molecule has 4 heteroatoms. The molecule has 1 aliphatic rings. The first-order valence-corrected chi connectivity index (χ1v) is 8.48. The summed E-state index contributed by atoms with van der Waals surface area (Å²) in [5.74, 6) is 0. The quantitative estimate of drug-likeness (QED) is 0.733. The average molecular weight is 324 g/mol. The second kappa shape index (κ2) is 8.62. The summed E-state index contributed by atoms with van der Waals surface area (Å²) in [6.45, 7) is 4.64. The van der Waals surface area contributed by atoms with Gasteiger partial charge in [0.05, 0.1) is 19.3 Å². The number of nitrogens with zero attached hydrogens (tertiary/aromatic N) is 2. The van der Waals surface area contributed by atoms with E-state index in [0.29, 0.717) is 13.2 Å². The number of carbonyl (C=O) groups excluding carboxylic acids is 1. The highest BCUT2D eigenvalue weighted by Crippen LogP contribution is 2.16. The average Bonchev–Trinajstić information content (AvgIpc) is 2.67. The number of benzene rings is 2.